The Morgan fingerprint density at radius 1 is 0.962 bits per heavy atom. The summed E-state index contributed by atoms with van der Waals surface area (Å²) in [6, 6.07) is 9.44. The first-order valence-electron chi connectivity index (χ1n) is 8.60. The average molecular weight is 366 g/mol. The number of nitrogens with zero attached hydrogens (tertiary/aromatic N) is 1. The Morgan fingerprint density at radius 3 is 2.08 bits per heavy atom. The topological polar surface area (TPSA) is 77.1 Å². The van der Waals surface area contributed by atoms with Gasteiger partial charge in [0.1, 0.15) is 11.2 Å². The van der Waals surface area contributed by atoms with E-state index in [-0.39, 0.29) is 19.7 Å². The molecule has 7 nitrogen and oxygen atoms in total. The molecule has 0 radical (unpaired) electrons. The van der Waals surface area contributed by atoms with E-state index in [0.717, 1.165) is 10.6 Å². The first-order valence-corrected chi connectivity index (χ1v) is 8.60. The van der Waals surface area contributed by atoms with Crippen molar-refractivity contribution in [1.82, 2.24) is 10.4 Å². The highest BCUT2D eigenvalue weighted by atomic mass is 16.7. The van der Waals surface area contributed by atoms with Gasteiger partial charge in [-0.05, 0) is 47.1 Å². The second-order valence-electron chi connectivity index (χ2n) is 7.76. The second kappa shape index (κ2) is 9.43. The Labute approximate surface area is 155 Å². The molecular weight excluding hydrogens is 336 g/mol. The summed E-state index contributed by atoms with van der Waals surface area (Å²) in [6.07, 6.45) is -1.12. The third-order valence-electron chi connectivity index (χ3n) is 2.78. The maximum Gasteiger partial charge on any atom is 0.434 e. The van der Waals surface area contributed by atoms with Crippen molar-refractivity contribution in [3.05, 3.63) is 35.9 Å². The van der Waals surface area contributed by atoms with Gasteiger partial charge in [0.15, 0.2) is 0 Å². The maximum absolute atomic E-state index is 12.3. The van der Waals surface area contributed by atoms with Crippen LogP contribution in [0.5, 0.6) is 0 Å². The Kier molecular flexibility index (Phi) is 7.89. The van der Waals surface area contributed by atoms with Crippen LogP contribution in [0, 0.1) is 0 Å². The molecule has 0 aliphatic carbocycles. The number of carbonyl (C=O) groups is 2. The molecule has 0 fully saturated rings. The SMILES string of the molecule is CC(C)(C)OC(=O)NCCON(Cc1ccccc1)C(=O)OC(C)(C)C. The molecule has 0 unspecified atom stereocenters. The van der Waals surface area contributed by atoms with Crippen LogP contribution in [0.3, 0.4) is 0 Å². The highest BCUT2D eigenvalue weighted by molar-refractivity contribution is 5.67. The van der Waals surface area contributed by atoms with E-state index in [4.69, 9.17) is 14.3 Å². The largest absolute Gasteiger partial charge is 0.444 e. The Hall–Kier alpha value is -2.28. The minimum atomic E-state index is -0.635. The molecule has 0 saturated carbocycles. The predicted molar refractivity (Wildman–Crippen MR) is 98.4 cm³/mol. The van der Waals surface area contributed by atoms with E-state index >= 15 is 0 Å². The van der Waals surface area contributed by atoms with Crippen LogP contribution < -0.4 is 5.32 Å². The number of nitrogens with one attached hydrogen (secondary N) is 1. The van der Waals surface area contributed by atoms with Crippen molar-refractivity contribution in [2.45, 2.75) is 59.3 Å². The second-order valence-corrected chi connectivity index (χ2v) is 7.76. The van der Waals surface area contributed by atoms with Gasteiger partial charge < -0.3 is 14.8 Å². The molecule has 1 aromatic carbocycles. The summed E-state index contributed by atoms with van der Waals surface area (Å²) < 4.78 is 10.5. The Morgan fingerprint density at radius 2 is 1.54 bits per heavy atom. The van der Waals surface area contributed by atoms with Crippen LogP contribution in [0.15, 0.2) is 30.3 Å². The fourth-order valence-electron chi connectivity index (χ4n) is 1.85. The predicted octanol–water partition coefficient (Wildman–Crippen LogP) is 3.88. The smallest absolute Gasteiger partial charge is 0.434 e. The van der Waals surface area contributed by atoms with E-state index in [2.05, 4.69) is 5.32 Å². The van der Waals surface area contributed by atoms with Crippen molar-refractivity contribution in [2.75, 3.05) is 13.2 Å². The summed E-state index contributed by atoms with van der Waals surface area (Å²) in [5.41, 5.74) is -0.302. The third kappa shape index (κ3) is 9.88. The molecule has 1 N–H and O–H groups in total. The van der Waals surface area contributed by atoms with Crippen LogP contribution in [0.4, 0.5) is 9.59 Å². The van der Waals surface area contributed by atoms with Crippen molar-refractivity contribution < 1.29 is 23.9 Å². The van der Waals surface area contributed by atoms with E-state index < -0.39 is 23.4 Å². The molecule has 7 heteroatoms. The van der Waals surface area contributed by atoms with Gasteiger partial charge in [-0.25, -0.2) is 9.59 Å². The molecule has 0 spiro atoms. The van der Waals surface area contributed by atoms with E-state index in [0.29, 0.717) is 0 Å². The highest BCUT2D eigenvalue weighted by Crippen LogP contribution is 2.13. The zero-order chi connectivity index (χ0) is 19.8. The van der Waals surface area contributed by atoms with Crippen LogP contribution in [0.25, 0.3) is 0 Å². The lowest BCUT2D eigenvalue weighted by molar-refractivity contribution is -0.151. The summed E-state index contributed by atoms with van der Waals surface area (Å²) >= 11 is 0. The number of hydrogen-bond acceptors (Lipinski definition) is 5. The minimum Gasteiger partial charge on any atom is -0.444 e. The monoisotopic (exact) mass is 366 g/mol. The zero-order valence-corrected chi connectivity index (χ0v) is 16.5. The number of benzene rings is 1. The quantitative estimate of drug-likeness (QED) is 0.611. The average Bonchev–Trinajstić information content (AvgIpc) is 2.47. The van der Waals surface area contributed by atoms with E-state index in [9.17, 15) is 9.59 Å². The van der Waals surface area contributed by atoms with Gasteiger partial charge in [0, 0.05) is 6.54 Å². The number of ether oxygens (including phenoxy) is 2. The summed E-state index contributed by atoms with van der Waals surface area (Å²) in [5, 5.41) is 3.73. The van der Waals surface area contributed by atoms with Gasteiger partial charge in [-0.1, -0.05) is 30.3 Å². The molecule has 0 saturated heterocycles. The van der Waals surface area contributed by atoms with Crippen LogP contribution in [0.2, 0.25) is 0 Å². The van der Waals surface area contributed by atoms with Gasteiger partial charge in [-0.15, -0.1) is 0 Å². The molecule has 1 aromatic rings. The lowest BCUT2D eigenvalue weighted by Gasteiger charge is -2.27. The number of carbonyl (C=O) groups excluding carboxylic acids is 2. The highest BCUT2D eigenvalue weighted by Gasteiger charge is 2.23. The fraction of sp³-hybridized carbons (Fsp3) is 0.579. The standard InChI is InChI=1S/C19H30N2O5/c1-18(2,3)25-16(22)20-12-13-24-21(17(23)26-19(4,5)6)14-15-10-8-7-9-11-15/h7-11H,12-14H2,1-6H3,(H,20,22). The fourth-order valence-corrected chi connectivity index (χ4v) is 1.85. The zero-order valence-electron chi connectivity index (χ0n) is 16.5. The van der Waals surface area contributed by atoms with E-state index in [1.807, 2.05) is 30.3 Å². The number of alkyl carbamates (subject to hydrolysis) is 1. The van der Waals surface area contributed by atoms with Gasteiger partial charge in [0.25, 0.3) is 0 Å². The molecule has 0 aromatic heterocycles. The molecule has 1 rings (SSSR count). The van der Waals surface area contributed by atoms with E-state index in [1.165, 1.54) is 0 Å². The summed E-state index contributed by atoms with van der Waals surface area (Å²) in [7, 11) is 0. The van der Waals surface area contributed by atoms with Crippen LogP contribution in [0.1, 0.15) is 47.1 Å². The number of rotatable bonds is 6. The van der Waals surface area contributed by atoms with Gasteiger partial charge in [0.2, 0.25) is 0 Å². The van der Waals surface area contributed by atoms with Crippen molar-refractivity contribution in [1.29, 1.82) is 0 Å². The summed E-state index contributed by atoms with van der Waals surface area (Å²) in [5.74, 6) is 0. The van der Waals surface area contributed by atoms with Crippen LogP contribution in [-0.2, 0) is 20.9 Å². The van der Waals surface area contributed by atoms with Gasteiger partial charge in [0.05, 0.1) is 13.2 Å². The minimum absolute atomic E-state index is 0.102. The number of hydroxylamine groups is 2. The summed E-state index contributed by atoms with van der Waals surface area (Å²) in [6.45, 7) is 11.3. The third-order valence-corrected chi connectivity index (χ3v) is 2.78. The molecule has 146 valence electrons. The summed E-state index contributed by atoms with van der Waals surface area (Å²) in [4.78, 5) is 29.5. The van der Waals surface area contributed by atoms with Crippen molar-refractivity contribution in [2.24, 2.45) is 0 Å². The molecule has 0 aliphatic rings. The lowest BCUT2D eigenvalue weighted by Crippen LogP contribution is -2.39. The lowest BCUT2D eigenvalue weighted by atomic mass is 10.2. The molecule has 0 aliphatic heterocycles. The van der Waals surface area contributed by atoms with Crippen molar-refractivity contribution in [3.63, 3.8) is 0 Å². The normalized spacial score (nSPS) is 11.6. The van der Waals surface area contributed by atoms with E-state index in [1.54, 1.807) is 41.5 Å². The van der Waals surface area contributed by atoms with Crippen LogP contribution >= 0.6 is 0 Å². The first-order chi connectivity index (χ1) is 12.0. The maximum atomic E-state index is 12.3. The van der Waals surface area contributed by atoms with Gasteiger partial charge >= 0.3 is 12.2 Å². The molecular formula is C19H30N2O5. The van der Waals surface area contributed by atoms with Crippen molar-refractivity contribution in [3.8, 4) is 0 Å². The Balaban J connectivity index is 2.56. The molecule has 2 amide bonds. The first kappa shape index (κ1) is 21.8. The van der Waals surface area contributed by atoms with Gasteiger partial charge in [-0.3, -0.25) is 4.84 Å². The van der Waals surface area contributed by atoms with Crippen molar-refractivity contribution >= 4 is 12.2 Å². The van der Waals surface area contributed by atoms with Gasteiger partial charge in [-0.2, -0.15) is 5.06 Å². The molecule has 26 heavy (non-hydrogen) atoms. The molecule has 0 bridgehead atoms. The molecule has 0 heterocycles. The molecule has 0 atom stereocenters. The number of hydrogen-bond donors (Lipinski definition) is 1. The van der Waals surface area contributed by atoms with Crippen LogP contribution in [-0.4, -0.2) is 41.6 Å². The Bertz CT molecular complexity index is 576. The number of amides is 2.